The van der Waals surface area contributed by atoms with Crippen LogP contribution in [-0.4, -0.2) is 54.5 Å². The van der Waals surface area contributed by atoms with E-state index in [1.165, 1.54) is 23.1 Å². The van der Waals surface area contributed by atoms with Crippen molar-refractivity contribution < 1.29 is 22.8 Å². The van der Waals surface area contributed by atoms with Gasteiger partial charge in [-0.1, -0.05) is 43.3 Å². The molecule has 1 atom stereocenters. The number of benzene rings is 2. The SMILES string of the molecule is CCCNC(=O)C(C)N(Cc1ccccc1C)C(=O)CN1C(=O)c2ccccc2S1(=O)=O. The summed E-state index contributed by atoms with van der Waals surface area (Å²) in [6.45, 7) is 5.31. The van der Waals surface area contributed by atoms with Crippen molar-refractivity contribution >= 4 is 27.7 Å². The summed E-state index contributed by atoms with van der Waals surface area (Å²) in [6, 6.07) is 12.5. The Morgan fingerprint density at radius 2 is 1.75 bits per heavy atom. The fourth-order valence-electron chi connectivity index (χ4n) is 3.55. The van der Waals surface area contributed by atoms with Crippen molar-refractivity contribution in [1.29, 1.82) is 0 Å². The van der Waals surface area contributed by atoms with Gasteiger partial charge >= 0.3 is 0 Å². The molecule has 1 heterocycles. The summed E-state index contributed by atoms with van der Waals surface area (Å²) in [6.07, 6.45) is 0.739. The predicted octanol–water partition coefficient (Wildman–Crippen LogP) is 2.08. The molecule has 0 saturated carbocycles. The molecule has 1 unspecified atom stereocenters. The zero-order chi connectivity index (χ0) is 23.5. The molecule has 0 aromatic heterocycles. The van der Waals surface area contributed by atoms with E-state index in [4.69, 9.17) is 0 Å². The quantitative estimate of drug-likeness (QED) is 0.654. The second-order valence-corrected chi connectivity index (χ2v) is 9.56. The monoisotopic (exact) mass is 457 g/mol. The lowest BCUT2D eigenvalue weighted by molar-refractivity contribution is -0.140. The van der Waals surface area contributed by atoms with Gasteiger partial charge in [-0.2, -0.15) is 0 Å². The molecule has 0 spiro atoms. The van der Waals surface area contributed by atoms with Crippen LogP contribution in [-0.2, 0) is 26.2 Å². The van der Waals surface area contributed by atoms with E-state index in [2.05, 4.69) is 5.32 Å². The molecule has 0 fully saturated rings. The molecule has 0 radical (unpaired) electrons. The number of amides is 3. The first-order chi connectivity index (χ1) is 15.2. The van der Waals surface area contributed by atoms with E-state index in [9.17, 15) is 22.8 Å². The van der Waals surface area contributed by atoms with Gasteiger partial charge in [0.15, 0.2) is 0 Å². The Bertz CT molecular complexity index is 1150. The Balaban J connectivity index is 1.89. The predicted molar refractivity (Wildman–Crippen MR) is 119 cm³/mol. The Kier molecular flexibility index (Phi) is 6.98. The topological polar surface area (TPSA) is 104 Å². The number of aryl methyl sites for hydroxylation is 1. The first kappa shape index (κ1) is 23.5. The molecule has 0 bridgehead atoms. The van der Waals surface area contributed by atoms with Gasteiger partial charge in [0, 0.05) is 13.1 Å². The number of fused-ring (bicyclic) bond motifs is 1. The van der Waals surface area contributed by atoms with Crippen LogP contribution in [0.5, 0.6) is 0 Å². The zero-order valence-corrected chi connectivity index (χ0v) is 19.2. The molecule has 1 aliphatic heterocycles. The second-order valence-electron chi connectivity index (χ2n) is 7.73. The average Bonchev–Trinajstić information content (AvgIpc) is 2.97. The zero-order valence-electron chi connectivity index (χ0n) is 18.4. The van der Waals surface area contributed by atoms with E-state index in [0.29, 0.717) is 10.8 Å². The third-order valence-corrected chi connectivity index (χ3v) is 7.30. The van der Waals surface area contributed by atoms with Crippen LogP contribution in [0.4, 0.5) is 0 Å². The van der Waals surface area contributed by atoms with E-state index in [1.54, 1.807) is 13.0 Å². The highest BCUT2D eigenvalue weighted by atomic mass is 32.2. The smallest absolute Gasteiger partial charge is 0.269 e. The van der Waals surface area contributed by atoms with Gasteiger partial charge in [0.25, 0.3) is 15.9 Å². The first-order valence-electron chi connectivity index (χ1n) is 10.5. The molecule has 3 rings (SSSR count). The van der Waals surface area contributed by atoms with Crippen molar-refractivity contribution in [2.45, 2.75) is 44.7 Å². The highest BCUT2D eigenvalue weighted by Crippen LogP contribution is 2.30. The van der Waals surface area contributed by atoms with Gasteiger partial charge in [-0.05, 0) is 43.5 Å². The van der Waals surface area contributed by atoms with E-state index < -0.39 is 34.4 Å². The number of carbonyl (C=O) groups is 3. The Hall–Kier alpha value is -3.20. The second kappa shape index (κ2) is 9.52. The number of carbonyl (C=O) groups excluding carboxylic acids is 3. The van der Waals surface area contributed by atoms with E-state index >= 15 is 0 Å². The summed E-state index contributed by atoms with van der Waals surface area (Å²) >= 11 is 0. The van der Waals surface area contributed by atoms with Gasteiger partial charge in [0.1, 0.15) is 17.5 Å². The fraction of sp³-hybridized carbons (Fsp3) is 0.348. The summed E-state index contributed by atoms with van der Waals surface area (Å²) in [7, 11) is -4.13. The lowest BCUT2D eigenvalue weighted by Gasteiger charge is -2.30. The number of sulfonamides is 1. The van der Waals surface area contributed by atoms with Crippen LogP contribution in [0.25, 0.3) is 0 Å². The van der Waals surface area contributed by atoms with Gasteiger partial charge in [0.05, 0.1) is 5.56 Å². The number of rotatable bonds is 8. The van der Waals surface area contributed by atoms with Crippen LogP contribution in [0.2, 0.25) is 0 Å². The lowest BCUT2D eigenvalue weighted by Crippen LogP contribution is -2.51. The number of nitrogens with one attached hydrogen (secondary N) is 1. The van der Waals surface area contributed by atoms with Crippen molar-refractivity contribution in [1.82, 2.24) is 14.5 Å². The van der Waals surface area contributed by atoms with Crippen LogP contribution in [0, 0.1) is 6.92 Å². The van der Waals surface area contributed by atoms with Gasteiger partial charge in [0.2, 0.25) is 11.8 Å². The molecular formula is C23H27N3O5S. The minimum absolute atomic E-state index is 0.0412. The van der Waals surface area contributed by atoms with Crippen LogP contribution >= 0.6 is 0 Å². The Morgan fingerprint density at radius 1 is 1.09 bits per heavy atom. The molecule has 32 heavy (non-hydrogen) atoms. The molecule has 170 valence electrons. The molecular weight excluding hydrogens is 430 g/mol. The standard InChI is InChI=1S/C23H27N3O5S/c1-4-13-24-22(28)17(3)25(14-18-10-6-5-9-16(18)2)21(27)15-26-23(29)19-11-7-8-12-20(19)32(26,30)31/h5-12,17H,4,13-15H2,1-3H3,(H,24,28). The van der Waals surface area contributed by atoms with E-state index in [-0.39, 0.29) is 22.9 Å². The minimum Gasteiger partial charge on any atom is -0.354 e. The highest BCUT2D eigenvalue weighted by molar-refractivity contribution is 7.90. The van der Waals surface area contributed by atoms with Crippen LogP contribution in [0.3, 0.4) is 0 Å². The maximum atomic E-state index is 13.3. The van der Waals surface area contributed by atoms with Gasteiger partial charge in [-0.3, -0.25) is 14.4 Å². The molecule has 1 N–H and O–H groups in total. The summed E-state index contributed by atoms with van der Waals surface area (Å²) in [5.74, 6) is -1.71. The van der Waals surface area contributed by atoms with Crippen LogP contribution < -0.4 is 5.32 Å². The normalized spacial score (nSPS) is 15.2. The molecule has 3 amide bonds. The average molecular weight is 458 g/mol. The minimum atomic E-state index is -4.13. The maximum absolute atomic E-state index is 13.3. The van der Waals surface area contributed by atoms with Crippen molar-refractivity contribution in [3.8, 4) is 0 Å². The maximum Gasteiger partial charge on any atom is 0.269 e. The summed E-state index contributed by atoms with van der Waals surface area (Å²) in [4.78, 5) is 39.9. The number of nitrogens with zero attached hydrogens (tertiary/aromatic N) is 2. The summed E-state index contributed by atoms with van der Waals surface area (Å²) in [5, 5.41) is 2.77. The third kappa shape index (κ3) is 4.52. The number of hydrogen-bond donors (Lipinski definition) is 1. The first-order valence-corrected chi connectivity index (χ1v) is 11.9. The Labute approximate surface area is 188 Å². The highest BCUT2D eigenvalue weighted by Gasteiger charge is 2.43. The summed E-state index contributed by atoms with van der Waals surface area (Å²) < 4.78 is 26.3. The van der Waals surface area contributed by atoms with Crippen molar-refractivity contribution in [2.75, 3.05) is 13.1 Å². The molecule has 0 aliphatic carbocycles. The molecule has 2 aromatic rings. The van der Waals surface area contributed by atoms with Crippen molar-refractivity contribution in [3.05, 3.63) is 65.2 Å². The van der Waals surface area contributed by atoms with Crippen LogP contribution in [0.15, 0.2) is 53.4 Å². The van der Waals surface area contributed by atoms with Crippen LogP contribution in [0.1, 0.15) is 41.8 Å². The molecule has 2 aromatic carbocycles. The molecule has 8 nitrogen and oxygen atoms in total. The largest absolute Gasteiger partial charge is 0.354 e. The third-order valence-electron chi connectivity index (χ3n) is 5.51. The van der Waals surface area contributed by atoms with Gasteiger partial charge in [-0.15, -0.1) is 0 Å². The van der Waals surface area contributed by atoms with Crippen molar-refractivity contribution in [2.24, 2.45) is 0 Å². The lowest BCUT2D eigenvalue weighted by atomic mass is 10.1. The van der Waals surface area contributed by atoms with E-state index in [0.717, 1.165) is 17.5 Å². The van der Waals surface area contributed by atoms with Gasteiger partial charge in [-0.25, -0.2) is 12.7 Å². The molecule has 0 saturated heterocycles. The fourth-order valence-corrected chi connectivity index (χ4v) is 5.07. The molecule has 9 heteroatoms. The van der Waals surface area contributed by atoms with Crippen molar-refractivity contribution in [3.63, 3.8) is 0 Å². The van der Waals surface area contributed by atoms with Gasteiger partial charge < -0.3 is 10.2 Å². The molecule has 1 aliphatic rings. The van der Waals surface area contributed by atoms with E-state index in [1.807, 2.05) is 38.1 Å². The Morgan fingerprint density at radius 3 is 2.41 bits per heavy atom. The number of hydrogen-bond acceptors (Lipinski definition) is 5. The summed E-state index contributed by atoms with van der Waals surface area (Å²) in [5.41, 5.74) is 1.80.